The van der Waals surface area contributed by atoms with E-state index < -0.39 is 0 Å². The lowest BCUT2D eigenvalue weighted by Crippen LogP contribution is -2.27. The third-order valence-corrected chi connectivity index (χ3v) is 5.18. The first-order valence-electron chi connectivity index (χ1n) is 8.27. The van der Waals surface area contributed by atoms with Gasteiger partial charge in [0.15, 0.2) is 0 Å². The number of nitrogens with one attached hydrogen (secondary N) is 1. The van der Waals surface area contributed by atoms with Crippen LogP contribution in [0.25, 0.3) is 10.2 Å². The Morgan fingerprint density at radius 3 is 2.68 bits per heavy atom. The lowest BCUT2D eigenvalue weighted by molar-refractivity contribution is 0.383. The minimum absolute atomic E-state index is 0.511. The largest absolute Gasteiger partial charge is 0.316 e. The summed E-state index contributed by atoms with van der Waals surface area (Å²) in [5.74, 6) is 1.44. The van der Waals surface area contributed by atoms with Crippen molar-refractivity contribution in [3.05, 3.63) is 29.3 Å². The fourth-order valence-corrected chi connectivity index (χ4v) is 3.76. The quantitative estimate of drug-likeness (QED) is 0.928. The summed E-state index contributed by atoms with van der Waals surface area (Å²) in [7, 11) is 4.20. The average Bonchev–Trinajstić information content (AvgIpc) is 2.92. The van der Waals surface area contributed by atoms with E-state index >= 15 is 0 Å². The first-order chi connectivity index (χ1) is 10.6. The SMILES string of the molecule is CC(CN(C)C)c1nc2ccccc2s1.CC1CCCNC1. The lowest BCUT2D eigenvalue weighted by atomic mass is 10.0. The second-order valence-corrected chi connectivity index (χ2v) is 7.70. The van der Waals surface area contributed by atoms with Gasteiger partial charge in [-0.2, -0.15) is 0 Å². The van der Waals surface area contributed by atoms with E-state index in [0.29, 0.717) is 5.92 Å². The van der Waals surface area contributed by atoms with Gasteiger partial charge in [0.2, 0.25) is 0 Å². The van der Waals surface area contributed by atoms with Gasteiger partial charge < -0.3 is 10.2 Å². The fourth-order valence-electron chi connectivity index (χ4n) is 2.75. The molecule has 1 aliphatic heterocycles. The topological polar surface area (TPSA) is 28.2 Å². The van der Waals surface area contributed by atoms with Crippen LogP contribution in [0, 0.1) is 5.92 Å². The lowest BCUT2D eigenvalue weighted by Gasteiger charge is -2.17. The number of hydrogen-bond acceptors (Lipinski definition) is 4. The summed E-state index contributed by atoms with van der Waals surface area (Å²) in [5.41, 5.74) is 1.13. The molecule has 122 valence electrons. The number of rotatable bonds is 3. The van der Waals surface area contributed by atoms with Crippen molar-refractivity contribution in [3.63, 3.8) is 0 Å². The zero-order valence-corrected chi connectivity index (χ0v) is 15.1. The van der Waals surface area contributed by atoms with Crippen LogP contribution in [0.15, 0.2) is 24.3 Å². The van der Waals surface area contributed by atoms with Crippen LogP contribution in [-0.2, 0) is 0 Å². The highest BCUT2D eigenvalue weighted by molar-refractivity contribution is 7.18. The zero-order chi connectivity index (χ0) is 15.9. The van der Waals surface area contributed by atoms with Gasteiger partial charge in [0, 0.05) is 12.5 Å². The van der Waals surface area contributed by atoms with Crippen molar-refractivity contribution in [3.8, 4) is 0 Å². The van der Waals surface area contributed by atoms with Gasteiger partial charge in [-0.1, -0.05) is 26.0 Å². The summed E-state index contributed by atoms with van der Waals surface area (Å²) >= 11 is 1.81. The molecule has 2 atom stereocenters. The first kappa shape index (κ1) is 17.4. The minimum Gasteiger partial charge on any atom is -0.316 e. The Balaban J connectivity index is 0.000000211. The van der Waals surface area contributed by atoms with Crippen LogP contribution in [0.5, 0.6) is 0 Å². The van der Waals surface area contributed by atoms with Gasteiger partial charge >= 0.3 is 0 Å². The Morgan fingerprint density at radius 2 is 2.14 bits per heavy atom. The van der Waals surface area contributed by atoms with Gasteiger partial charge in [0.05, 0.1) is 15.2 Å². The number of nitrogens with zero attached hydrogens (tertiary/aromatic N) is 2. The van der Waals surface area contributed by atoms with E-state index in [2.05, 4.69) is 61.3 Å². The molecule has 0 spiro atoms. The molecule has 2 aromatic rings. The van der Waals surface area contributed by atoms with Crippen LogP contribution >= 0.6 is 11.3 Å². The minimum atomic E-state index is 0.511. The summed E-state index contributed by atoms with van der Waals surface area (Å²) < 4.78 is 1.29. The van der Waals surface area contributed by atoms with Crippen LogP contribution < -0.4 is 5.32 Å². The molecular weight excluding hydrogens is 290 g/mol. The van der Waals surface area contributed by atoms with Crippen molar-refractivity contribution in [2.45, 2.75) is 32.6 Å². The van der Waals surface area contributed by atoms with Crippen LogP contribution in [0.2, 0.25) is 0 Å². The second-order valence-electron chi connectivity index (χ2n) is 6.63. The molecule has 3 nitrogen and oxygen atoms in total. The van der Waals surface area contributed by atoms with E-state index in [0.717, 1.165) is 18.0 Å². The Labute approximate surface area is 138 Å². The molecule has 0 aliphatic carbocycles. The molecule has 22 heavy (non-hydrogen) atoms. The molecule has 1 aromatic carbocycles. The molecule has 1 aromatic heterocycles. The van der Waals surface area contributed by atoms with Crippen molar-refractivity contribution in [1.82, 2.24) is 15.2 Å². The molecule has 0 bridgehead atoms. The number of benzene rings is 1. The number of hydrogen-bond donors (Lipinski definition) is 1. The van der Waals surface area contributed by atoms with Gasteiger partial charge in [0.1, 0.15) is 0 Å². The zero-order valence-electron chi connectivity index (χ0n) is 14.3. The summed E-state index contributed by atoms with van der Waals surface area (Å²) in [4.78, 5) is 6.86. The number of para-hydroxylation sites is 1. The molecule has 4 heteroatoms. The van der Waals surface area contributed by atoms with Gasteiger partial charge in [-0.25, -0.2) is 4.98 Å². The van der Waals surface area contributed by atoms with E-state index in [9.17, 15) is 0 Å². The Hall–Kier alpha value is -0.970. The third kappa shape index (κ3) is 5.34. The van der Waals surface area contributed by atoms with Crippen molar-refractivity contribution < 1.29 is 0 Å². The van der Waals surface area contributed by atoms with Crippen molar-refractivity contribution in [2.24, 2.45) is 5.92 Å². The summed E-state index contributed by atoms with van der Waals surface area (Å²) in [6.45, 7) is 8.06. The molecule has 0 radical (unpaired) electrons. The Kier molecular flexibility index (Phi) is 6.80. The van der Waals surface area contributed by atoms with E-state index in [1.807, 2.05) is 17.4 Å². The maximum absolute atomic E-state index is 4.66. The van der Waals surface area contributed by atoms with Crippen LogP contribution in [0.1, 0.15) is 37.6 Å². The monoisotopic (exact) mass is 319 g/mol. The summed E-state index contributed by atoms with van der Waals surface area (Å²) in [5, 5.41) is 4.58. The first-order valence-corrected chi connectivity index (χ1v) is 9.09. The molecule has 0 amide bonds. The number of likely N-dealkylation sites (N-methyl/N-ethyl adjacent to an activating group) is 1. The van der Waals surface area contributed by atoms with Crippen molar-refractivity contribution in [1.29, 1.82) is 0 Å². The van der Waals surface area contributed by atoms with E-state index in [1.54, 1.807) is 0 Å². The highest BCUT2D eigenvalue weighted by Gasteiger charge is 2.11. The Bertz CT molecular complexity index is 525. The van der Waals surface area contributed by atoms with Gasteiger partial charge in [-0.3, -0.25) is 0 Å². The molecule has 1 N–H and O–H groups in total. The molecule has 2 heterocycles. The summed E-state index contributed by atoms with van der Waals surface area (Å²) in [6, 6.07) is 8.33. The molecule has 0 saturated carbocycles. The van der Waals surface area contributed by atoms with Gasteiger partial charge in [-0.15, -0.1) is 11.3 Å². The summed E-state index contributed by atoms with van der Waals surface area (Å²) in [6.07, 6.45) is 2.80. The molecular formula is C18H29N3S. The fraction of sp³-hybridized carbons (Fsp3) is 0.611. The predicted molar refractivity (Wildman–Crippen MR) is 97.9 cm³/mol. The van der Waals surface area contributed by atoms with Gasteiger partial charge in [0.25, 0.3) is 0 Å². The second kappa shape index (κ2) is 8.61. The van der Waals surface area contributed by atoms with E-state index in [-0.39, 0.29) is 0 Å². The van der Waals surface area contributed by atoms with Crippen LogP contribution in [0.3, 0.4) is 0 Å². The molecule has 1 fully saturated rings. The number of fused-ring (bicyclic) bond motifs is 1. The highest BCUT2D eigenvalue weighted by atomic mass is 32.1. The highest BCUT2D eigenvalue weighted by Crippen LogP contribution is 2.27. The third-order valence-electron chi connectivity index (χ3n) is 3.91. The maximum atomic E-state index is 4.66. The van der Waals surface area contributed by atoms with E-state index in [4.69, 9.17) is 0 Å². The number of piperidine rings is 1. The average molecular weight is 320 g/mol. The maximum Gasteiger partial charge on any atom is 0.0979 e. The van der Waals surface area contributed by atoms with Crippen molar-refractivity contribution >= 4 is 21.6 Å². The van der Waals surface area contributed by atoms with Crippen LogP contribution in [-0.4, -0.2) is 43.6 Å². The molecule has 1 saturated heterocycles. The van der Waals surface area contributed by atoms with Crippen LogP contribution in [0.4, 0.5) is 0 Å². The smallest absolute Gasteiger partial charge is 0.0979 e. The predicted octanol–water partition coefficient (Wildman–Crippen LogP) is 3.97. The molecule has 3 rings (SSSR count). The van der Waals surface area contributed by atoms with Crippen molar-refractivity contribution in [2.75, 3.05) is 33.7 Å². The van der Waals surface area contributed by atoms with E-state index in [1.165, 1.54) is 35.6 Å². The molecule has 2 unspecified atom stereocenters. The number of thiazole rings is 1. The van der Waals surface area contributed by atoms with Gasteiger partial charge in [-0.05, 0) is 58.1 Å². The standard InChI is InChI=1S/C12H16N2S.C6H13N/c1-9(8-14(2)3)12-13-10-6-4-5-7-11(10)15-12;1-6-3-2-4-7-5-6/h4-7,9H,8H2,1-3H3;6-7H,2-5H2,1H3. The number of aromatic nitrogens is 1. The normalized spacial score (nSPS) is 19.8. The molecule has 1 aliphatic rings. The Morgan fingerprint density at radius 1 is 1.36 bits per heavy atom.